The minimum Gasteiger partial charge on any atom is -0.478 e. The third-order valence-corrected chi connectivity index (χ3v) is 7.97. The zero-order valence-corrected chi connectivity index (χ0v) is 21.9. The van der Waals surface area contributed by atoms with Crippen LogP contribution in [0.2, 0.25) is 0 Å². The van der Waals surface area contributed by atoms with Crippen molar-refractivity contribution in [1.82, 2.24) is 0 Å². The first kappa shape index (κ1) is 29.2. The second-order valence-corrected chi connectivity index (χ2v) is 10.7. The van der Waals surface area contributed by atoms with Gasteiger partial charge in [0.15, 0.2) is 17.5 Å². The van der Waals surface area contributed by atoms with Crippen LogP contribution in [0.4, 0.5) is 17.6 Å². The highest BCUT2D eigenvalue weighted by atomic mass is 19.2. The van der Waals surface area contributed by atoms with Crippen LogP contribution < -0.4 is 0 Å². The van der Waals surface area contributed by atoms with Crippen LogP contribution in [0.1, 0.15) is 106 Å². The molecule has 2 aromatic rings. The quantitative estimate of drug-likeness (QED) is 0.153. The van der Waals surface area contributed by atoms with Gasteiger partial charge in [-0.3, -0.25) is 0 Å². The number of aromatic carboxylic acids is 1. The molecule has 1 aliphatic rings. The molecule has 3 rings (SSSR count). The highest BCUT2D eigenvalue weighted by Crippen LogP contribution is 2.37. The lowest BCUT2D eigenvalue weighted by Gasteiger charge is -2.31. The van der Waals surface area contributed by atoms with Crippen LogP contribution in [0, 0.1) is 29.3 Å². The molecule has 0 aliphatic heterocycles. The molecule has 1 atom stereocenters. The molecule has 2 nitrogen and oxygen atoms in total. The smallest absolute Gasteiger partial charge is 0.335 e. The molecule has 0 aromatic heterocycles. The van der Waals surface area contributed by atoms with Crippen molar-refractivity contribution in [2.24, 2.45) is 11.8 Å². The van der Waals surface area contributed by atoms with Crippen LogP contribution >= 0.6 is 0 Å². The summed E-state index contributed by atoms with van der Waals surface area (Å²) < 4.78 is 56.8. The molecule has 0 heterocycles. The monoisotopic (exact) mass is 520 g/mol. The summed E-state index contributed by atoms with van der Waals surface area (Å²) in [7, 11) is 0. The Kier molecular flexibility index (Phi) is 11.5. The molecule has 204 valence electrons. The van der Waals surface area contributed by atoms with Gasteiger partial charge in [0.05, 0.1) is 5.56 Å². The minimum absolute atomic E-state index is 0.00392. The summed E-state index contributed by atoms with van der Waals surface area (Å²) in [6.07, 6.45) is 13.6. The van der Waals surface area contributed by atoms with Crippen molar-refractivity contribution in [3.05, 3.63) is 58.9 Å². The van der Waals surface area contributed by atoms with Gasteiger partial charge in [0.25, 0.3) is 0 Å². The molecule has 2 aromatic carbocycles. The molecule has 37 heavy (non-hydrogen) atoms. The Hall–Kier alpha value is -2.37. The van der Waals surface area contributed by atoms with Crippen molar-refractivity contribution in [2.45, 2.75) is 103 Å². The topological polar surface area (TPSA) is 37.3 Å². The molecule has 0 amide bonds. The first-order valence-corrected chi connectivity index (χ1v) is 14.0. The molecule has 6 heteroatoms. The van der Waals surface area contributed by atoms with Crippen molar-refractivity contribution in [2.75, 3.05) is 0 Å². The van der Waals surface area contributed by atoms with E-state index in [1.165, 1.54) is 76.0 Å². The largest absolute Gasteiger partial charge is 0.478 e. The summed E-state index contributed by atoms with van der Waals surface area (Å²) in [5.41, 5.74) is 0.294. The van der Waals surface area contributed by atoms with Gasteiger partial charge in [0, 0.05) is 6.42 Å². The number of benzene rings is 2. The van der Waals surface area contributed by atoms with Gasteiger partial charge in [-0.2, -0.15) is 0 Å². The fraction of sp³-hybridized carbons (Fsp3) is 0.581. The van der Waals surface area contributed by atoms with Gasteiger partial charge in [-0.15, -0.1) is 0 Å². The van der Waals surface area contributed by atoms with Gasteiger partial charge in [-0.25, -0.2) is 22.4 Å². The van der Waals surface area contributed by atoms with E-state index in [0.29, 0.717) is 5.92 Å². The minimum atomic E-state index is -1.59. The van der Waals surface area contributed by atoms with Crippen LogP contribution in [-0.4, -0.2) is 17.2 Å². The van der Waals surface area contributed by atoms with Crippen molar-refractivity contribution in [3.63, 3.8) is 0 Å². The van der Waals surface area contributed by atoms with E-state index in [4.69, 9.17) is 0 Å². The summed E-state index contributed by atoms with van der Waals surface area (Å²) >= 11 is 0. The Bertz CT molecular complexity index is 991. The molecule has 1 N–H and O–H groups in total. The van der Waals surface area contributed by atoms with Gasteiger partial charge < -0.3 is 5.11 Å². The molecule has 1 aliphatic carbocycles. The molecular formula is C31H40F4O2. The first-order chi connectivity index (χ1) is 17.8. The SMILES string of the molecule is CCCCCCCCCC[C@H]1CC[C@H](C(F)Cc2c(C(=O)O)cccc2-c2cc(F)c(F)c(F)c2)CC1. The molecular weight excluding hydrogens is 480 g/mol. The average Bonchev–Trinajstić information content (AvgIpc) is 2.88. The predicted molar refractivity (Wildman–Crippen MR) is 140 cm³/mol. The number of hydrogen-bond donors (Lipinski definition) is 1. The van der Waals surface area contributed by atoms with Crippen LogP contribution in [0.3, 0.4) is 0 Å². The number of halogens is 4. The molecule has 0 spiro atoms. The molecule has 0 saturated heterocycles. The molecule has 0 bridgehead atoms. The lowest BCUT2D eigenvalue weighted by atomic mass is 9.76. The molecule has 1 saturated carbocycles. The van der Waals surface area contributed by atoms with E-state index < -0.39 is 29.6 Å². The Morgan fingerprint density at radius 1 is 0.919 bits per heavy atom. The highest BCUT2D eigenvalue weighted by Gasteiger charge is 2.30. The van der Waals surface area contributed by atoms with Crippen molar-refractivity contribution in [1.29, 1.82) is 0 Å². The van der Waals surface area contributed by atoms with Crippen molar-refractivity contribution >= 4 is 5.97 Å². The summed E-state index contributed by atoms with van der Waals surface area (Å²) in [4.78, 5) is 11.9. The van der Waals surface area contributed by atoms with Crippen LogP contribution in [0.15, 0.2) is 30.3 Å². The van der Waals surface area contributed by atoms with E-state index in [9.17, 15) is 23.1 Å². The first-order valence-electron chi connectivity index (χ1n) is 14.0. The Labute approximate surface area is 218 Å². The number of carbonyl (C=O) groups is 1. The maximum absolute atomic E-state index is 15.5. The maximum Gasteiger partial charge on any atom is 0.335 e. The lowest BCUT2D eigenvalue weighted by molar-refractivity contribution is 0.0694. The number of carboxylic acids is 1. The predicted octanol–water partition coefficient (Wildman–Crippen LogP) is 9.69. The fourth-order valence-electron chi connectivity index (χ4n) is 5.76. The van der Waals surface area contributed by atoms with Crippen molar-refractivity contribution < 1.29 is 27.5 Å². The van der Waals surface area contributed by atoms with E-state index >= 15 is 4.39 Å². The van der Waals surface area contributed by atoms with Gasteiger partial charge >= 0.3 is 5.97 Å². The van der Waals surface area contributed by atoms with Gasteiger partial charge in [-0.05, 0) is 59.6 Å². The lowest BCUT2D eigenvalue weighted by Crippen LogP contribution is -2.25. The second-order valence-electron chi connectivity index (χ2n) is 10.7. The van der Waals surface area contributed by atoms with E-state index in [1.807, 2.05) is 0 Å². The summed E-state index contributed by atoms with van der Waals surface area (Å²) in [5, 5.41) is 9.69. The highest BCUT2D eigenvalue weighted by molar-refractivity contribution is 5.92. The Morgan fingerprint density at radius 2 is 1.51 bits per heavy atom. The molecule has 1 fully saturated rings. The van der Waals surface area contributed by atoms with Crippen molar-refractivity contribution in [3.8, 4) is 11.1 Å². The zero-order chi connectivity index (χ0) is 26.8. The summed E-state index contributed by atoms with van der Waals surface area (Å²) in [6, 6.07) is 5.97. The third-order valence-electron chi connectivity index (χ3n) is 7.97. The zero-order valence-electron chi connectivity index (χ0n) is 21.9. The van der Waals surface area contributed by atoms with E-state index in [0.717, 1.165) is 37.8 Å². The van der Waals surface area contributed by atoms with E-state index in [2.05, 4.69) is 6.92 Å². The number of alkyl halides is 1. The fourth-order valence-corrected chi connectivity index (χ4v) is 5.76. The van der Waals surface area contributed by atoms with Crippen LogP contribution in [0.5, 0.6) is 0 Å². The van der Waals surface area contributed by atoms with Gasteiger partial charge in [0.2, 0.25) is 0 Å². The average molecular weight is 521 g/mol. The summed E-state index contributed by atoms with van der Waals surface area (Å²) in [5.74, 6) is -5.11. The maximum atomic E-state index is 15.5. The second kappa shape index (κ2) is 14.5. The number of rotatable bonds is 14. The Balaban J connectivity index is 1.58. The molecule has 0 radical (unpaired) electrons. The number of unbranched alkanes of at least 4 members (excludes halogenated alkanes) is 7. The van der Waals surface area contributed by atoms with Crippen LogP contribution in [0.25, 0.3) is 11.1 Å². The van der Waals surface area contributed by atoms with Gasteiger partial charge in [-0.1, -0.05) is 89.7 Å². The Morgan fingerprint density at radius 3 is 2.11 bits per heavy atom. The third kappa shape index (κ3) is 8.31. The normalized spacial score (nSPS) is 18.6. The van der Waals surface area contributed by atoms with E-state index in [1.54, 1.807) is 0 Å². The van der Waals surface area contributed by atoms with Gasteiger partial charge in [0.1, 0.15) is 6.17 Å². The summed E-state index contributed by atoms with van der Waals surface area (Å²) in [6.45, 7) is 2.23. The number of carboxylic acid groups (broad SMARTS) is 1. The standard InChI is InChI=1S/C31H40F4O2/c1-2-3-4-5-6-7-8-9-11-21-14-16-22(17-15-21)27(32)20-26-24(12-10-13-25(26)31(36)37)23-18-28(33)30(35)29(34)19-23/h10,12-13,18-19,21-22,27H,2-9,11,14-17,20H2,1H3,(H,36,37)/t21-,22-,27?. The van der Waals surface area contributed by atoms with E-state index in [-0.39, 0.29) is 34.6 Å². The molecule has 1 unspecified atom stereocenters. The number of hydrogen-bond acceptors (Lipinski definition) is 1. The van der Waals surface area contributed by atoms with Crippen LogP contribution in [-0.2, 0) is 6.42 Å².